The molecule has 0 fully saturated rings. The summed E-state index contributed by atoms with van der Waals surface area (Å²) in [6.07, 6.45) is 0. The van der Waals surface area contributed by atoms with Gasteiger partial charge in [-0.2, -0.15) is 0 Å². The first-order valence-electron chi connectivity index (χ1n) is 5.66. The molecule has 1 aromatic carbocycles. The monoisotopic (exact) mass is 259 g/mol. The average Bonchev–Trinajstić information content (AvgIpc) is 2.23. The second-order valence-corrected chi connectivity index (χ2v) is 5.27. The van der Waals surface area contributed by atoms with Crippen molar-refractivity contribution in [3.63, 3.8) is 0 Å². The van der Waals surface area contributed by atoms with Crippen molar-refractivity contribution >= 4 is 11.6 Å². The van der Waals surface area contributed by atoms with Crippen LogP contribution in [0.15, 0.2) is 12.1 Å². The Bertz CT molecular complexity index is 393. The molecule has 0 bridgehead atoms. The van der Waals surface area contributed by atoms with Gasteiger partial charge in [-0.1, -0.05) is 25.4 Å². The van der Waals surface area contributed by atoms with Crippen LogP contribution in [0.5, 0.6) is 0 Å². The van der Waals surface area contributed by atoms with Crippen molar-refractivity contribution < 1.29 is 9.50 Å². The number of aryl methyl sites for hydroxylation is 1. The standard InChI is InChI=1S/C13H19ClFNO/c1-9-6-11(14)10(7-12(9)15)13(2,3)8-16-4-5-17/h6-7,16-17H,4-5,8H2,1-3H3. The molecule has 96 valence electrons. The Morgan fingerprint density at radius 2 is 2.06 bits per heavy atom. The van der Waals surface area contributed by atoms with Crippen LogP contribution in [0.25, 0.3) is 0 Å². The SMILES string of the molecule is Cc1cc(Cl)c(C(C)(C)CNCCO)cc1F. The van der Waals surface area contributed by atoms with E-state index in [2.05, 4.69) is 5.32 Å². The molecule has 0 unspecified atom stereocenters. The number of aliphatic hydroxyl groups excluding tert-OH is 1. The summed E-state index contributed by atoms with van der Waals surface area (Å²) in [4.78, 5) is 0. The summed E-state index contributed by atoms with van der Waals surface area (Å²) in [6.45, 7) is 6.93. The van der Waals surface area contributed by atoms with Crippen molar-refractivity contribution in [1.29, 1.82) is 0 Å². The molecule has 0 spiro atoms. The molecule has 0 aliphatic rings. The largest absolute Gasteiger partial charge is 0.395 e. The quantitative estimate of drug-likeness (QED) is 0.797. The molecule has 0 aromatic heterocycles. The molecule has 0 aliphatic carbocycles. The van der Waals surface area contributed by atoms with Crippen molar-refractivity contribution in [2.45, 2.75) is 26.2 Å². The zero-order valence-electron chi connectivity index (χ0n) is 10.5. The van der Waals surface area contributed by atoms with Crippen molar-refractivity contribution in [2.24, 2.45) is 0 Å². The topological polar surface area (TPSA) is 32.3 Å². The van der Waals surface area contributed by atoms with Gasteiger partial charge in [-0.05, 0) is 30.2 Å². The maximum atomic E-state index is 13.6. The summed E-state index contributed by atoms with van der Waals surface area (Å²) in [7, 11) is 0. The predicted octanol–water partition coefficient (Wildman–Crippen LogP) is 2.65. The maximum absolute atomic E-state index is 13.6. The molecule has 0 atom stereocenters. The Kier molecular flexibility index (Phi) is 4.92. The van der Waals surface area contributed by atoms with E-state index < -0.39 is 0 Å². The fourth-order valence-electron chi connectivity index (χ4n) is 1.74. The number of hydrogen-bond donors (Lipinski definition) is 2. The summed E-state index contributed by atoms with van der Waals surface area (Å²) in [6, 6.07) is 3.15. The highest BCUT2D eigenvalue weighted by molar-refractivity contribution is 6.31. The number of rotatable bonds is 5. The van der Waals surface area contributed by atoms with Gasteiger partial charge in [0.2, 0.25) is 0 Å². The first-order valence-corrected chi connectivity index (χ1v) is 6.04. The minimum absolute atomic E-state index is 0.0894. The maximum Gasteiger partial charge on any atom is 0.126 e. The van der Waals surface area contributed by atoms with E-state index in [1.54, 1.807) is 13.0 Å². The van der Waals surface area contributed by atoms with Gasteiger partial charge in [-0.15, -0.1) is 0 Å². The average molecular weight is 260 g/mol. The second-order valence-electron chi connectivity index (χ2n) is 4.87. The van der Waals surface area contributed by atoms with Crippen LogP contribution in [0.3, 0.4) is 0 Å². The third-order valence-corrected chi connectivity index (χ3v) is 3.15. The first-order chi connectivity index (χ1) is 7.88. The smallest absolute Gasteiger partial charge is 0.126 e. The molecule has 4 heteroatoms. The third kappa shape index (κ3) is 3.66. The van der Waals surface area contributed by atoms with E-state index in [9.17, 15) is 4.39 Å². The van der Waals surface area contributed by atoms with Crippen LogP contribution in [0.1, 0.15) is 25.0 Å². The lowest BCUT2D eigenvalue weighted by molar-refractivity contribution is 0.286. The molecule has 0 saturated heterocycles. The summed E-state index contributed by atoms with van der Waals surface area (Å²) in [5.41, 5.74) is 1.06. The number of nitrogens with one attached hydrogen (secondary N) is 1. The molecule has 0 radical (unpaired) electrons. The van der Waals surface area contributed by atoms with Crippen LogP contribution in [0.2, 0.25) is 5.02 Å². The van der Waals surface area contributed by atoms with Gasteiger partial charge in [-0.25, -0.2) is 4.39 Å². The van der Waals surface area contributed by atoms with Gasteiger partial charge in [0.1, 0.15) is 5.82 Å². The Morgan fingerprint density at radius 3 is 2.65 bits per heavy atom. The Labute approximate surface area is 107 Å². The van der Waals surface area contributed by atoms with E-state index in [1.165, 1.54) is 6.07 Å². The highest BCUT2D eigenvalue weighted by Crippen LogP contribution is 2.31. The highest BCUT2D eigenvalue weighted by Gasteiger charge is 2.24. The molecule has 0 saturated carbocycles. The van der Waals surface area contributed by atoms with Crippen molar-refractivity contribution in [3.8, 4) is 0 Å². The van der Waals surface area contributed by atoms with Gasteiger partial charge in [0.15, 0.2) is 0 Å². The van der Waals surface area contributed by atoms with E-state index >= 15 is 0 Å². The molecule has 2 nitrogen and oxygen atoms in total. The fraction of sp³-hybridized carbons (Fsp3) is 0.538. The third-order valence-electron chi connectivity index (χ3n) is 2.83. The zero-order valence-corrected chi connectivity index (χ0v) is 11.2. The fourth-order valence-corrected chi connectivity index (χ4v) is 2.21. The van der Waals surface area contributed by atoms with Gasteiger partial charge in [-0.3, -0.25) is 0 Å². The van der Waals surface area contributed by atoms with E-state index in [0.717, 1.165) is 5.56 Å². The van der Waals surface area contributed by atoms with Gasteiger partial charge in [0.05, 0.1) is 6.61 Å². The van der Waals surface area contributed by atoms with Crippen molar-refractivity contribution in [3.05, 3.63) is 34.1 Å². The van der Waals surface area contributed by atoms with Gasteiger partial charge in [0, 0.05) is 23.5 Å². The van der Waals surface area contributed by atoms with E-state index in [1.807, 2.05) is 13.8 Å². The number of benzene rings is 1. The normalized spacial score (nSPS) is 11.9. The predicted molar refractivity (Wildman–Crippen MR) is 69.1 cm³/mol. The van der Waals surface area contributed by atoms with Crippen molar-refractivity contribution in [2.75, 3.05) is 19.7 Å². The van der Waals surface area contributed by atoms with Crippen molar-refractivity contribution in [1.82, 2.24) is 5.32 Å². The van der Waals surface area contributed by atoms with Crippen LogP contribution in [-0.2, 0) is 5.41 Å². The van der Waals surface area contributed by atoms with Crippen LogP contribution in [-0.4, -0.2) is 24.8 Å². The van der Waals surface area contributed by atoms with E-state index in [-0.39, 0.29) is 17.8 Å². The molecule has 0 heterocycles. The Balaban J connectivity index is 2.93. The second kappa shape index (κ2) is 5.80. The van der Waals surface area contributed by atoms with E-state index in [0.29, 0.717) is 23.7 Å². The lowest BCUT2D eigenvalue weighted by Gasteiger charge is -2.27. The van der Waals surface area contributed by atoms with Crippen LogP contribution < -0.4 is 5.32 Å². The summed E-state index contributed by atoms with van der Waals surface area (Å²) in [5.74, 6) is -0.236. The molecule has 1 aromatic rings. The molecule has 0 aliphatic heterocycles. The molecule has 0 amide bonds. The molecular formula is C13H19ClFNO. The summed E-state index contributed by atoms with van der Waals surface area (Å²) in [5, 5.41) is 12.4. The van der Waals surface area contributed by atoms with Gasteiger partial charge < -0.3 is 10.4 Å². The highest BCUT2D eigenvalue weighted by atomic mass is 35.5. The van der Waals surface area contributed by atoms with E-state index in [4.69, 9.17) is 16.7 Å². The lowest BCUT2D eigenvalue weighted by atomic mass is 9.84. The van der Waals surface area contributed by atoms with Gasteiger partial charge >= 0.3 is 0 Å². The van der Waals surface area contributed by atoms with Crippen LogP contribution in [0, 0.1) is 12.7 Å². The molecule has 1 rings (SSSR count). The minimum atomic E-state index is -0.277. The van der Waals surface area contributed by atoms with Crippen LogP contribution >= 0.6 is 11.6 Å². The molecule has 2 N–H and O–H groups in total. The lowest BCUT2D eigenvalue weighted by Crippen LogP contribution is -2.34. The first kappa shape index (κ1) is 14.4. The zero-order chi connectivity index (χ0) is 13.1. The summed E-state index contributed by atoms with van der Waals surface area (Å²) < 4.78 is 13.6. The minimum Gasteiger partial charge on any atom is -0.395 e. The number of halogens is 2. The Morgan fingerprint density at radius 1 is 1.41 bits per heavy atom. The summed E-state index contributed by atoms with van der Waals surface area (Å²) >= 11 is 6.15. The number of hydrogen-bond acceptors (Lipinski definition) is 2. The Hall–Kier alpha value is -0.640. The number of aliphatic hydroxyl groups is 1. The molecule has 17 heavy (non-hydrogen) atoms. The molecular weight excluding hydrogens is 241 g/mol. The van der Waals surface area contributed by atoms with Crippen LogP contribution in [0.4, 0.5) is 4.39 Å². The van der Waals surface area contributed by atoms with Gasteiger partial charge in [0.25, 0.3) is 0 Å².